The van der Waals surface area contributed by atoms with E-state index in [1.807, 2.05) is 0 Å². The minimum atomic E-state index is -0.318. The van der Waals surface area contributed by atoms with E-state index in [-0.39, 0.29) is 17.1 Å². The molecule has 0 aliphatic carbocycles. The van der Waals surface area contributed by atoms with Crippen molar-refractivity contribution in [3.8, 4) is 0 Å². The van der Waals surface area contributed by atoms with Crippen molar-refractivity contribution in [2.24, 2.45) is 4.99 Å². The standard InChI is InChI=1S/C6H8N2O2S/c1-3-5(10)11-6(7-3)8-4(2)9/h3H,1-2H3,(H,7,8,9). The van der Waals surface area contributed by atoms with Gasteiger partial charge in [0.2, 0.25) is 11.0 Å². The van der Waals surface area contributed by atoms with Crippen molar-refractivity contribution in [3.63, 3.8) is 0 Å². The molecule has 1 aliphatic heterocycles. The van der Waals surface area contributed by atoms with Gasteiger partial charge in [-0.05, 0) is 18.7 Å². The maximum atomic E-state index is 10.9. The highest BCUT2D eigenvalue weighted by atomic mass is 32.2. The number of carbonyl (C=O) groups excluding carboxylic acids is 2. The third-order valence-electron chi connectivity index (χ3n) is 1.13. The van der Waals surface area contributed by atoms with Crippen molar-refractivity contribution >= 4 is 28.0 Å². The topological polar surface area (TPSA) is 58.5 Å². The molecule has 0 aromatic carbocycles. The van der Waals surface area contributed by atoms with Crippen molar-refractivity contribution < 1.29 is 9.59 Å². The average Bonchev–Trinajstić information content (AvgIpc) is 2.10. The molecule has 1 aliphatic rings. The predicted octanol–water partition coefficient (Wildman–Crippen LogP) is 0.140. The predicted molar refractivity (Wildman–Crippen MR) is 43.3 cm³/mol. The summed E-state index contributed by atoms with van der Waals surface area (Å²) in [5.74, 6) is -0.196. The highest BCUT2D eigenvalue weighted by Gasteiger charge is 2.23. The lowest BCUT2D eigenvalue weighted by atomic mass is 10.4. The van der Waals surface area contributed by atoms with Crippen LogP contribution in [0.15, 0.2) is 4.99 Å². The van der Waals surface area contributed by atoms with E-state index in [1.54, 1.807) is 6.92 Å². The summed E-state index contributed by atoms with van der Waals surface area (Å²) in [5, 5.41) is 2.85. The number of carbonyl (C=O) groups is 2. The number of amides is 1. The molecule has 1 N–H and O–H groups in total. The van der Waals surface area contributed by atoms with Crippen LogP contribution in [-0.2, 0) is 9.59 Å². The first kappa shape index (κ1) is 8.26. The van der Waals surface area contributed by atoms with E-state index in [9.17, 15) is 9.59 Å². The van der Waals surface area contributed by atoms with Gasteiger partial charge in [-0.15, -0.1) is 0 Å². The molecule has 0 bridgehead atoms. The molecule has 4 nitrogen and oxygen atoms in total. The molecule has 1 heterocycles. The van der Waals surface area contributed by atoms with Crippen LogP contribution >= 0.6 is 11.8 Å². The second-order valence-corrected chi connectivity index (χ2v) is 3.21. The third-order valence-corrected chi connectivity index (χ3v) is 2.08. The number of thioether (sulfide) groups is 1. The van der Waals surface area contributed by atoms with Gasteiger partial charge in [0.25, 0.3) is 0 Å². The SMILES string of the molecule is CC(=O)NC1=NC(C)C(=O)S1. The number of hydrogen-bond donors (Lipinski definition) is 1. The van der Waals surface area contributed by atoms with Crippen molar-refractivity contribution in [2.45, 2.75) is 19.9 Å². The Labute approximate surface area is 68.4 Å². The monoisotopic (exact) mass is 172 g/mol. The molecule has 0 radical (unpaired) electrons. The highest BCUT2D eigenvalue weighted by molar-refractivity contribution is 8.26. The first-order valence-corrected chi connectivity index (χ1v) is 3.98. The number of nitrogens with one attached hydrogen (secondary N) is 1. The van der Waals surface area contributed by atoms with Gasteiger partial charge in [0, 0.05) is 6.92 Å². The summed E-state index contributed by atoms with van der Waals surface area (Å²) in [6, 6.07) is -0.318. The Morgan fingerprint density at radius 1 is 1.73 bits per heavy atom. The molecule has 0 saturated heterocycles. The molecule has 60 valence electrons. The fourth-order valence-electron chi connectivity index (χ4n) is 0.644. The van der Waals surface area contributed by atoms with E-state index < -0.39 is 0 Å². The third kappa shape index (κ3) is 2.04. The smallest absolute Gasteiger partial charge is 0.222 e. The Balaban J connectivity index is 2.57. The Hall–Kier alpha value is -0.840. The van der Waals surface area contributed by atoms with Crippen LogP contribution in [-0.4, -0.2) is 22.2 Å². The van der Waals surface area contributed by atoms with Gasteiger partial charge >= 0.3 is 0 Å². The molecule has 0 fully saturated rings. The largest absolute Gasteiger partial charge is 0.305 e. The first-order valence-electron chi connectivity index (χ1n) is 3.16. The summed E-state index contributed by atoms with van der Waals surface area (Å²) in [6.07, 6.45) is 0. The number of aliphatic imine (C=N–C) groups is 1. The maximum absolute atomic E-state index is 10.9. The summed E-state index contributed by atoms with van der Waals surface area (Å²) < 4.78 is 0. The van der Waals surface area contributed by atoms with Crippen LogP contribution in [0.2, 0.25) is 0 Å². The second kappa shape index (κ2) is 3.04. The van der Waals surface area contributed by atoms with Gasteiger partial charge in [0.1, 0.15) is 6.04 Å². The zero-order chi connectivity index (χ0) is 8.43. The summed E-state index contributed by atoms with van der Waals surface area (Å²) in [6.45, 7) is 3.08. The molecule has 1 rings (SSSR count). The molecular weight excluding hydrogens is 164 g/mol. The molecule has 0 saturated carbocycles. The molecule has 11 heavy (non-hydrogen) atoms. The first-order chi connectivity index (χ1) is 5.09. The normalized spacial score (nSPS) is 23.3. The molecular formula is C6H8N2O2S. The summed E-state index contributed by atoms with van der Waals surface area (Å²) in [7, 11) is 0. The number of hydrogen-bond acceptors (Lipinski definition) is 4. The van der Waals surface area contributed by atoms with E-state index in [4.69, 9.17) is 0 Å². The van der Waals surface area contributed by atoms with Crippen LogP contribution in [0.4, 0.5) is 0 Å². The Morgan fingerprint density at radius 2 is 2.36 bits per heavy atom. The molecule has 0 aromatic heterocycles. The van der Waals surface area contributed by atoms with Crippen LogP contribution in [0.1, 0.15) is 13.8 Å². The highest BCUT2D eigenvalue weighted by Crippen LogP contribution is 2.17. The zero-order valence-electron chi connectivity index (χ0n) is 6.25. The van der Waals surface area contributed by atoms with Gasteiger partial charge in [-0.2, -0.15) is 0 Å². The van der Waals surface area contributed by atoms with Gasteiger partial charge in [-0.25, -0.2) is 4.99 Å². The fourth-order valence-corrected chi connectivity index (χ4v) is 1.46. The lowest BCUT2D eigenvalue weighted by Crippen LogP contribution is -2.24. The quantitative estimate of drug-likeness (QED) is 0.565. The van der Waals surface area contributed by atoms with Crippen molar-refractivity contribution in [2.75, 3.05) is 0 Å². The summed E-state index contributed by atoms with van der Waals surface area (Å²) >= 11 is 0.981. The number of nitrogens with zero attached hydrogens (tertiary/aromatic N) is 1. The van der Waals surface area contributed by atoms with Gasteiger partial charge in [0.15, 0.2) is 5.17 Å². The van der Waals surface area contributed by atoms with Crippen molar-refractivity contribution in [3.05, 3.63) is 0 Å². The summed E-state index contributed by atoms with van der Waals surface area (Å²) in [4.78, 5) is 25.3. The van der Waals surface area contributed by atoms with Crippen molar-refractivity contribution in [1.82, 2.24) is 5.32 Å². The van der Waals surface area contributed by atoms with E-state index in [1.165, 1.54) is 6.92 Å². The lowest BCUT2D eigenvalue weighted by Gasteiger charge is -1.95. The van der Waals surface area contributed by atoms with Crippen LogP contribution in [0.25, 0.3) is 0 Å². The van der Waals surface area contributed by atoms with Gasteiger partial charge < -0.3 is 5.32 Å². The van der Waals surface area contributed by atoms with Gasteiger partial charge in [-0.3, -0.25) is 9.59 Å². The number of rotatable bonds is 0. The Kier molecular flexibility index (Phi) is 2.28. The molecule has 0 spiro atoms. The van der Waals surface area contributed by atoms with E-state index in [2.05, 4.69) is 10.3 Å². The van der Waals surface area contributed by atoms with E-state index >= 15 is 0 Å². The maximum Gasteiger partial charge on any atom is 0.222 e. The van der Waals surface area contributed by atoms with Crippen molar-refractivity contribution in [1.29, 1.82) is 0 Å². The zero-order valence-corrected chi connectivity index (χ0v) is 7.07. The molecule has 5 heteroatoms. The molecule has 0 aromatic rings. The van der Waals surface area contributed by atoms with Gasteiger partial charge in [0.05, 0.1) is 0 Å². The van der Waals surface area contributed by atoms with Crippen LogP contribution < -0.4 is 5.32 Å². The fraction of sp³-hybridized carbons (Fsp3) is 0.500. The summed E-state index contributed by atoms with van der Waals surface area (Å²) in [5.41, 5.74) is 0. The Morgan fingerprint density at radius 3 is 2.73 bits per heavy atom. The van der Waals surface area contributed by atoms with E-state index in [0.29, 0.717) is 5.17 Å². The second-order valence-electron chi connectivity index (χ2n) is 2.21. The van der Waals surface area contributed by atoms with E-state index in [0.717, 1.165) is 11.8 Å². The molecule has 1 amide bonds. The number of amidine groups is 1. The molecule has 1 unspecified atom stereocenters. The Bertz CT molecular complexity index is 237. The lowest BCUT2D eigenvalue weighted by molar-refractivity contribution is -0.117. The molecule has 1 atom stereocenters. The van der Waals surface area contributed by atoms with Crippen LogP contribution in [0.5, 0.6) is 0 Å². The minimum Gasteiger partial charge on any atom is -0.305 e. The minimum absolute atomic E-state index is 0.0197. The van der Waals surface area contributed by atoms with Crippen LogP contribution in [0, 0.1) is 0 Å². The van der Waals surface area contributed by atoms with Gasteiger partial charge in [-0.1, -0.05) is 0 Å². The average molecular weight is 172 g/mol. The van der Waals surface area contributed by atoms with Crippen LogP contribution in [0.3, 0.4) is 0 Å².